The van der Waals surface area contributed by atoms with E-state index in [4.69, 9.17) is 4.74 Å². The number of aromatic nitrogens is 3. The Hall–Kier alpha value is -5.85. The van der Waals surface area contributed by atoms with Crippen LogP contribution in [0.4, 0.5) is 13.2 Å². The van der Waals surface area contributed by atoms with Crippen molar-refractivity contribution in [3.05, 3.63) is 135 Å². The largest absolute Gasteiger partial charge is 0.456 e. The van der Waals surface area contributed by atoms with Gasteiger partial charge in [0, 0.05) is 19.0 Å². The maximum atomic E-state index is 14.0. The fourth-order valence-corrected chi connectivity index (χ4v) is 6.06. The molecule has 262 valence electrons. The second-order valence-corrected chi connectivity index (χ2v) is 13.4. The van der Waals surface area contributed by atoms with E-state index in [1.807, 2.05) is 6.92 Å². The molecule has 5 aromatic rings. The fourth-order valence-electron chi connectivity index (χ4n) is 6.06. The molecule has 0 saturated heterocycles. The fraction of sp³-hybridized carbons (Fsp3) is 0.263. The highest BCUT2D eigenvalue weighted by atomic mass is 19.2. The van der Waals surface area contributed by atoms with Crippen LogP contribution in [-0.2, 0) is 24.1 Å². The molecule has 0 radical (unpaired) electrons. The number of amides is 2. The monoisotopic (exact) mass is 697 g/mol. The number of benzene rings is 3. The summed E-state index contributed by atoms with van der Waals surface area (Å²) in [7, 11) is 0. The van der Waals surface area contributed by atoms with Crippen molar-refractivity contribution < 1.29 is 37.1 Å². The number of nitrogens with one attached hydrogen (secondary N) is 2. The summed E-state index contributed by atoms with van der Waals surface area (Å²) in [4.78, 5) is 58.0. The Balaban J connectivity index is 1.31. The first-order valence-corrected chi connectivity index (χ1v) is 16.2. The Labute approximate surface area is 291 Å². The number of nitrogens with zero attached hydrogens (tertiary/aromatic N) is 3. The molecule has 0 unspecified atom stereocenters. The molecule has 10 nitrogen and oxygen atoms in total. The molecule has 0 spiro atoms. The molecule has 1 aliphatic rings. The molecular weight excluding hydrogens is 663 g/mol. The predicted octanol–water partition coefficient (Wildman–Crippen LogP) is 6.18. The Morgan fingerprint density at radius 3 is 2.33 bits per heavy atom. The van der Waals surface area contributed by atoms with Gasteiger partial charge in [-0.05, 0) is 98.7 Å². The van der Waals surface area contributed by atoms with E-state index < -0.39 is 52.7 Å². The van der Waals surface area contributed by atoms with Crippen molar-refractivity contribution in [1.82, 2.24) is 25.2 Å². The molecule has 0 bridgehead atoms. The number of ketones is 1. The molecule has 13 heteroatoms. The second kappa shape index (κ2) is 13.8. The van der Waals surface area contributed by atoms with Crippen LogP contribution in [0.1, 0.15) is 103 Å². The van der Waals surface area contributed by atoms with Crippen LogP contribution >= 0.6 is 0 Å². The molecule has 0 saturated carbocycles. The number of esters is 1. The lowest BCUT2D eigenvalue weighted by atomic mass is 9.97. The summed E-state index contributed by atoms with van der Waals surface area (Å²) in [6.07, 6.45) is 2.26. The van der Waals surface area contributed by atoms with E-state index in [1.165, 1.54) is 47.1 Å². The number of hydrogen-bond donors (Lipinski definition) is 2. The van der Waals surface area contributed by atoms with Gasteiger partial charge in [0.25, 0.3) is 11.8 Å². The molecule has 3 aromatic carbocycles. The summed E-state index contributed by atoms with van der Waals surface area (Å²) in [6, 6.07) is 12.9. The Morgan fingerprint density at radius 2 is 1.63 bits per heavy atom. The topological polar surface area (TPSA) is 132 Å². The molecule has 2 heterocycles. The smallest absolute Gasteiger partial charge is 0.338 e. The lowest BCUT2D eigenvalue weighted by molar-refractivity contribution is 0.00682. The minimum Gasteiger partial charge on any atom is -0.456 e. The van der Waals surface area contributed by atoms with Gasteiger partial charge >= 0.3 is 5.97 Å². The van der Waals surface area contributed by atoms with Crippen molar-refractivity contribution in [1.29, 1.82) is 0 Å². The summed E-state index contributed by atoms with van der Waals surface area (Å²) in [5.41, 5.74) is 2.77. The highest BCUT2D eigenvalue weighted by molar-refractivity contribution is 6.04. The van der Waals surface area contributed by atoms with E-state index in [2.05, 4.69) is 20.7 Å². The zero-order valence-electron chi connectivity index (χ0n) is 28.3. The van der Waals surface area contributed by atoms with Crippen LogP contribution in [0.15, 0.2) is 66.9 Å². The Kier molecular flexibility index (Phi) is 9.48. The average molecular weight is 698 g/mol. The first-order chi connectivity index (χ1) is 24.2. The molecule has 6 rings (SSSR count). The van der Waals surface area contributed by atoms with Crippen molar-refractivity contribution in [2.24, 2.45) is 0 Å². The highest BCUT2D eigenvalue weighted by Gasteiger charge is 2.30. The van der Waals surface area contributed by atoms with Crippen molar-refractivity contribution in [2.75, 3.05) is 0 Å². The number of carbonyl (C=O) groups is 4. The van der Waals surface area contributed by atoms with Crippen LogP contribution in [0.25, 0.3) is 5.65 Å². The van der Waals surface area contributed by atoms with Gasteiger partial charge in [0.05, 0.1) is 23.4 Å². The lowest BCUT2D eigenvalue weighted by Crippen LogP contribution is -2.31. The van der Waals surface area contributed by atoms with Gasteiger partial charge in [-0.25, -0.2) is 27.5 Å². The zero-order valence-corrected chi connectivity index (χ0v) is 28.3. The summed E-state index contributed by atoms with van der Waals surface area (Å²) < 4.78 is 47.4. The van der Waals surface area contributed by atoms with Crippen LogP contribution < -0.4 is 10.6 Å². The first-order valence-electron chi connectivity index (χ1n) is 16.2. The standard InChI is InChI=1S/C38H34F3N5O5/c1-20-24-12-14-30(26(24)11-10-25(20)37(50)51-38(2,3)4)45-36(49)32-17-31(35(48)42-18-22-7-13-28(40)29(41)15-22)44-34-27(19-43-46(32)34)33(47)16-21-5-8-23(39)9-6-21/h5-11,13,15,17,19,30H,12,14,16,18H2,1-4H3,(H,42,48)(H,45,49)/t30-/m0/s1. The summed E-state index contributed by atoms with van der Waals surface area (Å²) in [5.74, 6) is -4.79. The molecule has 0 aliphatic heterocycles. The third kappa shape index (κ3) is 7.52. The molecule has 51 heavy (non-hydrogen) atoms. The van der Waals surface area contributed by atoms with Gasteiger partial charge in [-0.2, -0.15) is 5.10 Å². The molecule has 1 atom stereocenters. The summed E-state index contributed by atoms with van der Waals surface area (Å²) in [5, 5.41) is 9.87. The summed E-state index contributed by atoms with van der Waals surface area (Å²) in [6.45, 7) is 7.04. The van der Waals surface area contributed by atoms with E-state index in [-0.39, 0.29) is 41.1 Å². The number of halogens is 3. The van der Waals surface area contributed by atoms with E-state index in [1.54, 1.807) is 32.9 Å². The van der Waals surface area contributed by atoms with Gasteiger partial charge in [0.2, 0.25) is 0 Å². The van der Waals surface area contributed by atoms with Crippen LogP contribution in [0.2, 0.25) is 0 Å². The molecule has 0 fully saturated rings. The lowest BCUT2D eigenvalue weighted by Gasteiger charge is -2.21. The number of Topliss-reactive ketones (excluding diaryl/α,β-unsaturated/α-hetero) is 1. The quantitative estimate of drug-likeness (QED) is 0.139. The maximum absolute atomic E-state index is 14.0. The number of fused-ring (bicyclic) bond motifs is 2. The molecule has 2 N–H and O–H groups in total. The van der Waals surface area contributed by atoms with Crippen molar-refractivity contribution in [3.63, 3.8) is 0 Å². The third-order valence-corrected chi connectivity index (χ3v) is 8.57. The van der Waals surface area contributed by atoms with Crippen LogP contribution in [-0.4, -0.2) is 43.8 Å². The Bertz CT molecular complexity index is 2210. The van der Waals surface area contributed by atoms with Crippen LogP contribution in [0.3, 0.4) is 0 Å². The molecule has 2 aromatic heterocycles. The van der Waals surface area contributed by atoms with Crippen molar-refractivity contribution in [2.45, 2.75) is 65.1 Å². The van der Waals surface area contributed by atoms with Gasteiger partial charge in [0.15, 0.2) is 23.1 Å². The van der Waals surface area contributed by atoms with Crippen molar-refractivity contribution in [3.8, 4) is 0 Å². The van der Waals surface area contributed by atoms with E-state index >= 15 is 0 Å². The number of carbonyl (C=O) groups excluding carboxylic acids is 4. The zero-order chi connectivity index (χ0) is 36.6. The normalized spacial score (nSPS) is 13.9. The first kappa shape index (κ1) is 35.0. The number of hydrogen-bond acceptors (Lipinski definition) is 7. The van der Waals surface area contributed by atoms with Gasteiger partial charge in [-0.15, -0.1) is 0 Å². The Morgan fingerprint density at radius 1 is 0.902 bits per heavy atom. The SMILES string of the molecule is Cc1c(C(=O)OC(C)(C)C)ccc2c1CC[C@@H]2NC(=O)c1cc(C(=O)NCc2ccc(F)c(F)c2)nc2c(C(=O)Cc3ccc(F)cc3)cnn12. The van der Waals surface area contributed by atoms with Crippen molar-refractivity contribution >= 4 is 29.2 Å². The van der Waals surface area contributed by atoms with Gasteiger partial charge in [-0.3, -0.25) is 14.4 Å². The maximum Gasteiger partial charge on any atom is 0.338 e. The van der Waals surface area contributed by atoms with Gasteiger partial charge in [0.1, 0.15) is 22.8 Å². The minimum atomic E-state index is -1.08. The number of ether oxygens (including phenoxy) is 1. The summed E-state index contributed by atoms with van der Waals surface area (Å²) >= 11 is 0. The molecular formula is C38H34F3N5O5. The average Bonchev–Trinajstić information content (AvgIpc) is 3.70. The van der Waals surface area contributed by atoms with E-state index in [9.17, 15) is 32.3 Å². The number of rotatable bonds is 9. The molecule has 1 aliphatic carbocycles. The predicted molar refractivity (Wildman–Crippen MR) is 180 cm³/mol. The third-order valence-electron chi connectivity index (χ3n) is 8.57. The minimum absolute atomic E-state index is 0.0279. The van der Waals surface area contributed by atoms with E-state index in [0.717, 1.165) is 28.8 Å². The van der Waals surface area contributed by atoms with Crippen LogP contribution in [0.5, 0.6) is 0 Å². The van der Waals surface area contributed by atoms with Crippen LogP contribution in [0, 0.1) is 24.4 Å². The van der Waals surface area contributed by atoms with E-state index in [0.29, 0.717) is 24.0 Å². The highest BCUT2D eigenvalue weighted by Crippen LogP contribution is 2.35. The molecule has 2 amide bonds. The van der Waals surface area contributed by atoms with Gasteiger partial charge in [-0.1, -0.05) is 24.3 Å². The van der Waals surface area contributed by atoms with Gasteiger partial charge < -0.3 is 15.4 Å². The second-order valence-electron chi connectivity index (χ2n) is 13.4.